The van der Waals surface area contributed by atoms with Gasteiger partial charge in [-0.05, 0) is 54.4 Å². The molecule has 8 heteroatoms. The number of amides is 1. The molecule has 0 bridgehead atoms. The molecule has 0 aromatic heterocycles. The van der Waals surface area contributed by atoms with Gasteiger partial charge in [0.2, 0.25) is 10.0 Å². The molecule has 4 aromatic rings. The van der Waals surface area contributed by atoms with Crippen LogP contribution in [0.2, 0.25) is 0 Å². The van der Waals surface area contributed by atoms with E-state index in [1.165, 1.54) is 29.2 Å². The molecule has 1 fully saturated rings. The highest BCUT2D eigenvalue weighted by Gasteiger charge is 2.46. The SMILES string of the molecule is Cc1ccc(NC(=C2C(=O)C(=O)N(c3ccc(S(N)(=O)=O)cc3)C2c2ccccc2)c2ccccc2)cc1. The normalized spacial score (nSPS) is 17.0. The maximum atomic E-state index is 13.8. The van der Waals surface area contributed by atoms with Crippen molar-refractivity contribution in [3.05, 3.63) is 131 Å². The first-order valence-electron chi connectivity index (χ1n) is 11.9. The molecule has 38 heavy (non-hydrogen) atoms. The van der Waals surface area contributed by atoms with Gasteiger partial charge in [-0.25, -0.2) is 13.6 Å². The number of nitrogens with one attached hydrogen (secondary N) is 1. The van der Waals surface area contributed by atoms with Gasteiger partial charge in [-0.2, -0.15) is 0 Å². The van der Waals surface area contributed by atoms with Crippen molar-refractivity contribution < 1.29 is 18.0 Å². The van der Waals surface area contributed by atoms with Crippen LogP contribution in [0, 0.1) is 6.92 Å². The standard InChI is InChI=1S/C30H25N3O4S/c1-20-12-14-23(15-13-20)32-27(21-8-4-2-5-9-21)26-28(22-10-6-3-7-11-22)33(30(35)29(26)34)24-16-18-25(19-17-24)38(31,36)37/h2-19,28,32H,1H3,(H2,31,36,37). The molecule has 1 unspecified atom stereocenters. The van der Waals surface area contributed by atoms with Crippen LogP contribution in [-0.4, -0.2) is 20.1 Å². The Bertz CT molecular complexity index is 1630. The number of benzene rings is 4. The Labute approximate surface area is 221 Å². The Morgan fingerprint density at radius 2 is 1.37 bits per heavy atom. The lowest BCUT2D eigenvalue weighted by Gasteiger charge is -2.26. The number of hydrogen-bond acceptors (Lipinski definition) is 5. The summed E-state index contributed by atoms with van der Waals surface area (Å²) in [5.74, 6) is -1.36. The number of anilines is 2. The van der Waals surface area contributed by atoms with Gasteiger partial charge in [-0.3, -0.25) is 14.5 Å². The molecule has 0 spiro atoms. The summed E-state index contributed by atoms with van der Waals surface area (Å²) in [6.45, 7) is 1.99. The molecule has 0 aliphatic carbocycles. The summed E-state index contributed by atoms with van der Waals surface area (Å²) in [5.41, 5.74) is 4.53. The molecule has 3 N–H and O–H groups in total. The van der Waals surface area contributed by atoms with E-state index in [0.717, 1.165) is 22.4 Å². The summed E-state index contributed by atoms with van der Waals surface area (Å²) in [7, 11) is -3.92. The quantitative estimate of drug-likeness (QED) is 0.278. The lowest BCUT2D eigenvalue weighted by atomic mass is 9.94. The van der Waals surface area contributed by atoms with Crippen molar-refractivity contribution >= 4 is 38.8 Å². The molecule has 1 heterocycles. The third kappa shape index (κ3) is 4.87. The maximum absolute atomic E-state index is 13.8. The van der Waals surface area contributed by atoms with Gasteiger partial charge in [-0.1, -0.05) is 78.4 Å². The molecular formula is C30H25N3O4S. The predicted octanol–water partition coefficient (Wildman–Crippen LogP) is 4.82. The Morgan fingerprint density at radius 1 is 0.789 bits per heavy atom. The summed E-state index contributed by atoms with van der Waals surface area (Å²) in [4.78, 5) is 28.7. The average molecular weight is 524 g/mol. The van der Waals surface area contributed by atoms with E-state index >= 15 is 0 Å². The number of ketones is 1. The van der Waals surface area contributed by atoms with Crippen molar-refractivity contribution in [3.8, 4) is 0 Å². The highest BCUT2D eigenvalue weighted by Crippen LogP contribution is 2.43. The minimum absolute atomic E-state index is 0.0859. The van der Waals surface area contributed by atoms with E-state index in [-0.39, 0.29) is 4.90 Å². The first kappa shape index (κ1) is 25.1. The second-order valence-corrected chi connectivity index (χ2v) is 10.6. The molecule has 0 radical (unpaired) electrons. The van der Waals surface area contributed by atoms with Gasteiger partial charge < -0.3 is 5.32 Å². The van der Waals surface area contributed by atoms with E-state index in [9.17, 15) is 18.0 Å². The third-order valence-corrected chi connectivity index (χ3v) is 7.33. The fraction of sp³-hybridized carbons (Fsp3) is 0.0667. The van der Waals surface area contributed by atoms with E-state index in [4.69, 9.17) is 5.14 Å². The first-order chi connectivity index (χ1) is 18.2. The van der Waals surface area contributed by atoms with Gasteiger partial charge in [0, 0.05) is 11.4 Å². The van der Waals surface area contributed by atoms with Gasteiger partial charge in [0.25, 0.3) is 11.7 Å². The fourth-order valence-corrected chi connectivity index (χ4v) is 5.06. The smallest absolute Gasteiger partial charge is 0.300 e. The zero-order valence-corrected chi connectivity index (χ0v) is 21.4. The number of rotatable bonds is 6. The van der Waals surface area contributed by atoms with Gasteiger partial charge in [0.1, 0.15) is 0 Å². The predicted molar refractivity (Wildman–Crippen MR) is 148 cm³/mol. The summed E-state index contributed by atoms with van der Waals surface area (Å²) in [6.07, 6.45) is 0. The van der Waals surface area contributed by atoms with Gasteiger partial charge in [-0.15, -0.1) is 0 Å². The van der Waals surface area contributed by atoms with Crippen molar-refractivity contribution in [2.45, 2.75) is 17.9 Å². The summed E-state index contributed by atoms with van der Waals surface area (Å²) < 4.78 is 23.6. The lowest BCUT2D eigenvalue weighted by molar-refractivity contribution is -0.132. The maximum Gasteiger partial charge on any atom is 0.300 e. The van der Waals surface area contributed by atoms with Crippen molar-refractivity contribution in [3.63, 3.8) is 0 Å². The van der Waals surface area contributed by atoms with E-state index in [1.807, 2.05) is 91.9 Å². The molecule has 5 rings (SSSR count). The molecule has 1 aliphatic heterocycles. The van der Waals surface area contributed by atoms with Gasteiger partial charge in [0.05, 0.1) is 22.2 Å². The summed E-state index contributed by atoms with van der Waals surface area (Å²) in [6, 6.07) is 31.3. The van der Waals surface area contributed by atoms with Crippen LogP contribution >= 0.6 is 0 Å². The zero-order valence-electron chi connectivity index (χ0n) is 20.5. The Morgan fingerprint density at radius 3 is 1.95 bits per heavy atom. The van der Waals surface area contributed by atoms with Crippen LogP contribution in [0.3, 0.4) is 0 Å². The van der Waals surface area contributed by atoms with Crippen molar-refractivity contribution in [2.75, 3.05) is 10.2 Å². The van der Waals surface area contributed by atoms with Crippen LogP contribution < -0.4 is 15.4 Å². The highest BCUT2D eigenvalue weighted by atomic mass is 32.2. The lowest BCUT2D eigenvalue weighted by Crippen LogP contribution is -2.29. The van der Waals surface area contributed by atoms with Crippen LogP contribution in [0.1, 0.15) is 22.7 Å². The number of aryl methyl sites for hydroxylation is 1. The number of carbonyl (C=O) groups is 2. The van der Waals surface area contributed by atoms with Crippen molar-refractivity contribution in [1.29, 1.82) is 0 Å². The average Bonchev–Trinajstić information content (AvgIpc) is 3.19. The molecule has 1 amide bonds. The van der Waals surface area contributed by atoms with E-state index in [1.54, 1.807) is 0 Å². The summed E-state index contributed by atoms with van der Waals surface area (Å²) >= 11 is 0. The number of nitrogens with two attached hydrogens (primary N) is 1. The van der Waals surface area contributed by atoms with Crippen molar-refractivity contribution in [2.24, 2.45) is 5.14 Å². The molecule has 7 nitrogen and oxygen atoms in total. The number of carbonyl (C=O) groups excluding carboxylic acids is 2. The number of hydrogen-bond donors (Lipinski definition) is 2. The minimum Gasteiger partial charge on any atom is -0.355 e. The Kier molecular flexibility index (Phi) is 6.67. The fourth-order valence-electron chi connectivity index (χ4n) is 4.54. The molecule has 4 aromatic carbocycles. The largest absolute Gasteiger partial charge is 0.355 e. The van der Waals surface area contributed by atoms with Gasteiger partial charge in [0.15, 0.2) is 0 Å². The molecule has 0 saturated carbocycles. The zero-order chi connectivity index (χ0) is 26.9. The van der Waals surface area contributed by atoms with Crippen LogP contribution in [-0.2, 0) is 19.6 Å². The van der Waals surface area contributed by atoms with E-state index in [0.29, 0.717) is 17.0 Å². The topological polar surface area (TPSA) is 110 Å². The van der Waals surface area contributed by atoms with Gasteiger partial charge >= 0.3 is 0 Å². The Hall–Kier alpha value is -4.53. The van der Waals surface area contributed by atoms with Crippen LogP contribution in [0.15, 0.2) is 120 Å². The monoisotopic (exact) mass is 523 g/mol. The van der Waals surface area contributed by atoms with E-state index in [2.05, 4.69) is 5.32 Å². The number of Topliss-reactive ketones (excluding diaryl/α,β-unsaturated/α-hetero) is 1. The molecular weight excluding hydrogens is 498 g/mol. The van der Waals surface area contributed by atoms with Crippen LogP contribution in [0.5, 0.6) is 0 Å². The number of primary sulfonamides is 1. The van der Waals surface area contributed by atoms with Crippen LogP contribution in [0.4, 0.5) is 11.4 Å². The first-order valence-corrected chi connectivity index (χ1v) is 13.5. The van der Waals surface area contributed by atoms with Crippen molar-refractivity contribution in [1.82, 2.24) is 0 Å². The number of sulfonamides is 1. The molecule has 190 valence electrons. The minimum atomic E-state index is -3.92. The molecule has 1 saturated heterocycles. The second-order valence-electron chi connectivity index (χ2n) is 9.00. The summed E-state index contributed by atoms with van der Waals surface area (Å²) in [5, 5.41) is 8.66. The third-order valence-electron chi connectivity index (χ3n) is 6.40. The molecule has 1 aliphatic rings. The van der Waals surface area contributed by atoms with Crippen LogP contribution in [0.25, 0.3) is 5.70 Å². The second kappa shape index (κ2) is 10.1. The molecule has 1 atom stereocenters. The number of nitrogens with zero attached hydrogens (tertiary/aromatic N) is 1. The van der Waals surface area contributed by atoms with E-state index < -0.39 is 27.8 Å². The Balaban J connectivity index is 1.73. The highest BCUT2D eigenvalue weighted by molar-refractivity contribution is 7.89.